The molecule has 0 radical (unpaired) electrons. The largest absolute Gasteiger partial charge is 0.0998 e. The molecule has 0 aromatic heterocycles. The van der Waals surface area contributed by atoms with E-state index < -0.39 is 0 Å². The van der Waals surface area contributed by atoms with Crippen LogP contribution in [0.15, 0.2) is 35.5 Å². The summed E-state index contributed by atoms with van der Waals surface area (Å²) >= 11 is 0. The molecule has 0 heterocycles. The molecular weight excluding hydrogens is 192 g/mol. The molecule has 0 aromatic carbocycles. The highest BCUT2D eigenvalue weighted by Crippen LogP contribution is 2.50. The van der Waals surface area contributed by atoms with Crippen LogP contribution in [0.4, 0.5) is 0 Å². The Hall–Kier alpha value is -0.780. The minimum atomic E-state index is 0.255. The van der Waals surface area contributed by atoms with E-state index in [1.165, 1.54) is 36.0 Å². The van der Waals surface area contributed by atoms with Crippen molar-refractivity contribution in [3.63, 3.8) is 0 Å². The van der Waals surface area contributed by atoms with E-state index in [4.69, 9.17) is 0 Å². The Morgan fingerprint density at radius 3 is 2.12 bits per heavy atom. The summed E-state index contributed by atoms with van der Waals surface area (Å²) in [5.74, 6) is 0.573. The maximum atomic E-state index is 4.20. The molecule has 0 aliphatic heterocycles. The Bertz CT molecular complexity index is 339. The second-order valence-corrected chi connectivity index (χ2v) is 5.90. The van der Waals surface area contributed by atoms with E-state index >= 15 is 0 Å². The van der Waals surface area contributed by atoms with Gasteiger partial charge in [-0.15, -0.1) is 0 Å². The van der Waals surface area contributed by atoms with E-state index in [1.54, 1.807) is 5.57 Å². The van der Waals surface area contributed by atoms with Crippen molar-refractivity contribution >= 4 is 0 Å². The van der Waals surface area contributed by atoms with Crippen molar-refractivity contribution in [3.8, 4) is 0 Å². The zero-order chi connectivity index (χ0) is 12.5. The van der Waals surface area contributed by atoms with E-state index in [2.05, 4.69) is 47.8 Å². The molecule has 1 fully saturated rings. The van der Waals surface area contributed by atoms with Gasteiger partial charge in [-0.2, -0.15) is 0 Å². The fraction of sp³-hybridized carbons (Fsp3) is 0.625. The molecule has 1 aliphatic carbocycles. The topological polar surface area (TPSA) is 0 Å². The van der Waals surface area contributed by atoms with Gasteiger partial charge in [0.1, 0.15) is 0 Å². The maximum Gasteiger partial charge on any atom is -0.00505 e. The lowest BCUT2D eigenvalue weighted by molar-refractivity contribution is 0.221. The number of hydrogen-bond acceptors (Lipinski definition) is 0. The first-order valence-electron chi connectivity index (χ1n) is 6.25. The zero-order valence-corrected chi connectivity index (χ0v) is 11.6. The van der Waals surface area contributed by atoms with Crippen LogP contribution in [0.3, 0.4) is 0 Å². The van der Waals surface area contributed by atoms with Crippen LogP contribution in [0.5, 0.6) is 0 Å². The first-order valence-corrected chi connectivity index (χ1v) is 6.25. The quantitative estimate of drug-likeness (QED) is 0.553. The summed E-state index contributed by atoms with van der Waals surface area (Å²) in [5, 5.41) is 0. The predicted molar refractivity (Wildman–Crippen MR) is 73.5 cm³/mol. The third kappa shape index (κ3) is 2.31. The molecule has 0 aromatic rings. The zero-order valence-electron chi connectivity index (χ0n) is 11.6. The third-order valence-corrected chi connectivity index (χ3v) is 4.44. The van der Waals surface area contributed by atoms with E-state index in [0.29, 0.717) is 5.92 Å². The normalized spacial score (nSPS) is 30.1. The molecule has 0 nitrogen and oxygen atoms in total. The lowest BCUT2D eigenvalue weighted by Crippen LogP contribution is -2.33. The molecule has 1 rings (SSSR count). The SMILES string of the molecule is C=C(C)[C@H]1CC(=C(C)C)CC[C@@]1(C)C(=C)C. The van der Waals surface area contributed by atoms with Crippen LogP contribution in [0.25, 0.3) is 0 Å². The van der Waals surface area contributed by atoms with Gasteiger partial charge in [0.25, 0.3) is 0 Å². The van der Waals surface area contributed by atoms with Crippen LogP contribution < -0.4 is 0 Å². The van der Waals surface area contributed by atoms with Crippen LogP contribution in [0.1, 0.15) is 53.9 Å². The molecule has 0 N–H and O–H groups in total. The molecule has 0 spiro atoms. The second-order valence-electron chi connectivity index (χ2n) is 5.90. The average Bonchev–Trinajstić information content (AvgIpc) is 2.17. The summed E-state index contributed by atoms with van der Waals surface area (Å²) in [6.45, 7) is 19.5. The Labute approximate surface area is 101 Å². The van der Waals surface area contributed by atoms with E-state index in [-0.39, 0.29) is 5.41 Å². The summed E-state index contributed by atoms with van der Waals surface area (Å²) in [4.78, 5) is 0. The molecule has 1 saturated carbocycles. The van der Waals surface area contributed by atoms with Gasteiger partial charge in [-0.3, -0.25) is 0 Å². The first kappa shape index (κ1) is 13.3. The third-order valence-electron chi connectivity index (χ3n) is 4.44. The van der Waals surface area contributed by atoms with Crippen molar-refractivity contribution in [1.29, 1.82) is 0 Å². The van der Waals surface area contributed by atoms with E-state index in [1.807, 2.05) is 0 Å². The van der Waals surface area contributed by atoms with Gasteiger partial charge in [-0.1, -0.05) is 42.4 Å². The van der Waals surface area contributed by atoms with Gasteiger partial charge in [-0.25, -0.2) is 0 Å². The predicted octanol–water partition coefficient (Wildman–Crippen LogP) is 5.28. The van der Waals surface area contributed by atoms with Crippen molar-refractivity contribution in [2.45, 2.75) is 53.9 Å². The minimum absolute atomic E-state index is 0.255. The smallest absolute Gasteiger partial charge is 0.00505 e. The Balaban J connectivity index is 3.06. The Kier molecular flexibility index (Phi) is 3.83. The van der Waals surface area contributed by atoms with Crippen LogP contribution in [0.2, 0.25) is 0 Å². The van der Waals surface area contributed by atoms with Gasteiger partial charge in [0, 0.05) is 0 Å². The maximum absolute atomic E-state index is 4.20. The molecule has 0 heteroatoms. The Morgan fingerprint density at radius 1 is 1.19 bits per heavy atom. The average molecular weight is 218 g/mol. The van der Waals surface area contributed by atoms with Crippen molar-refractivity contribution in [2.24, 2.45) is 11.3 Å². The molecular formula is C16H26. The molecule has 0 unspecified atom stereocenters. The summed E-state index contributed by atoms with van der Waals surface area (Å²) in [5.41, 5.74) is 6.00. The summed E-state index contributed by atoms with van der Waals surface area (Å²) in [6, 6.07) is 0. The highest BCUT2D eigenvalue weighted by molar-refractivity contribution is 5.25. The lowest BCUT2D eigenvalue weighted by atomic mass is 9.60. The molecule has 1 aliphatic rings. The summed E-state index contributed by atoms with van der Waals surface area (Å²) in [7, 11) is 0. The summed E-state index contributed by atoms with van der Waals surface area (Å²) < 4.78 is 0. The van der Waals surface area contributed by atoms with Crippen LogP contribution >= 0.6 is 0 Å². The van der Waals surface area contributed by atoms with Gasteiger partial charge >= 0.3 is 0 Å². The molecule has 0 bridgehead atoms. The summed E-state index contributed by atoms with van der Waals surface area (Å²) in [6.07, 6.45) is 3.64. The molecule has 90 valence electrons. The molecule has 16 heavy (non-hydrogen) atoms. The molecule has 2 atom stereocenters. The van der Waals surface area contributed by atoms with Crippen molar-refractivity contribution in [1.82, 2.24) is 0 Å². The fourth-order valence-electron chi connectivity index (χ4n) is 2.84. The van der Waals surface area contributed by atoms with Gasteiger partial charge in [0.15, 0.2) is 0 Å². The first-order chi connectivity index (χ1) is 7.29. The van der Waals surface area contributed by atoms with E-state index in [0.717, 1.165) is 0 Å². The highest BCUT2D eigenvalue weighted by atomic mass is 14.4. The number of hydrogen-bond donors (Lipinski definition) is 0. The van der Waals surface area contributed by atoms with Crippen molar-refractivity contribution in [2.75, 3.05) is 0 Å². The standard InChI is InChI=1S/C16H26/c1-11(2)14-8-9-16(7,13(5)6)15(10-14)12(3)4/h15H,3,5,8-10H2,1-2,4,6-7H3/t15-,16+/m1/s1. The van der Waals surface area contributed by atoms with Gasteiger partial charge in [-0.05, 0) is 58.3 Å². The van der Waals surface area contributed by atoms with Crippen molar-refractivity contribution < 1.29 is 0 Å². The highest BCUT2D eigenvalue weighted by Gasteiger charge is 2.39. The van der Waals surface area contributed by atoms with Crippen molar-refractivity contribution in [3.05, 3.63) is 35.5 Å². The van der Waals surface area contributed by atoms with E-state index in [9.17, 15) is 0 Å². The molecule has 0 saturated heterocycles. The van der Waals surface area contributed by atoms with Crippen LogP contribution in [0, 0.1) is 11.3 Å². The fourth-order valence-corrected chi connectivity index (χ4v) is 2.84. The van der Waals surface area contributed by atoms with Gasteiger partial charge in [0.2, 0.25) is 0 Å². The number of allylic oxidation sites excluding steroid dienone is 4. The molecule has 0 amide bonds. The van der Waals surface area contributed by atoms with Crippen LogP contribution in [-0.2, 0) is 0 Å². The Morgan fingerprint density at radius 2 is 1.75 bits per heavy atom. The monoisotopic (exact) mass is 218 g/mol. The van der Waals surface area contributed by atoms with Crippen LogP contribution in [-0.4, -0.2) is 0 Å². The minimum Gasteiger partial charge on any atom is -0.0998 e. The van der Waals surface area contributed by atoms with Gasteiger partial charge < -0.3 is 0 Å². The second kappa shape index (κ2) is 4.61. The van der Waals surface area contributed by atoms with Gasteiger partial charge in [0.05, 0.1) is 0 Å². The lowest BCUT2D eigenvalue weighted by Gasteiger charge is -2.44. The number of rotatable bonds is 2.